The van der Waals surface area contributed by atoms with Crippen molar-refractivity contribution in [2.45, 2.75) is 31.9 Å². The van der Waals surface area contributed by atoms with Crippen LogP contribution in [0.15, 0.2) is 24.3 Å². The van der Waals surface area contributed by atoms with Gasteiger partial charge in [-0.1, -0.05) is 28.4 Å². The molecule has 0 unspecified atom stereocenters. The minimum Gasteiger partial charge on any atom is -0.326 e. The third-order valence-corrected chi connectivity index (χ3v) is 3.07. The van der Waals surface area contributed by atoms with Gasteiger partial charge < -0.3 is 5.32 Å². The maximum absolute atomic E-state index is 12.5. The molecule has 1 amide bonds. The van der Waals surface area contributed by atoms with E-state index in [-0.39, 0.29) is 11.6 Å². The average Bonchev–Trinajstić information content (AvgIpc) is 2.34. The lowest BCUT2D eigenvalue weighted by Crippen LogP contribution is -2.12. The van der Waals surface area contributed by atoms with Gasteiger partial charge in [0, 0.05) is 17.4 Å². The molecule has 1 aromatic carbocycles. The Bertz CT molecular complexity index is 421. The number of hydrogen-bond acceptors (Lipinski definition) is 1. The van der Waals surface area contributed by atoms with Gasteiger partial charge in [-0.2, -0.15) is 13.2 Å². The average molecular weight is 338 g/mol. The van der Waals surface area contributed by atoms with E-state index in [0.717, 1.165) is 36.7 Å². The van der Waals surface area contributed by atoms with Gasteiger partial charge in [-0.15, -0.1) is 0 Å². The van der Waals surface area contributed by atoms with Crippen LogP contribution in [-0.2, 0) is 11.0 Å². The minimum atomic E-state index is -4.39. The van der Waals surface area contributed by atoms with Crippen molar-refractivity contribution in [3.63, 3.8) is 0 Å². The molecule has 106 valence electrons. The lowest BCUT2D eigenvalue weighted by atomic mass is 10.1. The molecule has 0 saturated carbocycles. The van der Waals surface area contributed by atoms with E-state index >= 15 is 0 Å². The molecule has 0 aliphatic rings. The number of carbonyl (C=O) groups excluding carboxylic acids is 1. The quantitative estimate of drug-likeness (QED) is 0.596. The molecule has 1 rings (SSSR count). The van der Waals surface area contributed by atoms with Gasteiger partial charge in [0.1, 0.15) is 0 Å². The second-order valence-corrected chi connectivity index (χ2v) is 4.92. The zero-order chi connectivity index (χ0) is 14.3. The van der Waals surface area contributed by atoms with Crippen molar-refractivity contribution in [1.82, 2.24) is 0 Å². The summed E-state index contributed by atoms with van der Waals surface area (Å²) in [6.45, 7) is 0. The Morgan fingerprint density at radius 2 is 1.95 bits per heavy atom. The summed E-state index contributed by atoms with van der Waals surface area (Å²) in [5.41, 5.74) is -0.579. The summed E-state index contributed by atoms with van der Waals surface area (Å²) in [6, 6.07) is 4.65. The summed E-state index contributed by atoms with van der Waals surface area (Å²) in [7, 11) is 0. The molecule has 2 nitrogen and oxygen atoms in total. The van der Waals surface area contributed by atoms with Gasteiger partial charge in [-0.05, 0) is 31.0 Å². The van der Waals surface area contributed by atoms with Gasteiger partial charge in [0.15, 0.2) is 0 Å². The molecule has 1 N–H and O–H groups in total. The number of nitrogens with one attached hydrogen (secondary N) is 1. The molecule has 0 radical (unpaired) electrons. The normalized spacial score (nSPS) is 11.4. The number of carbonyl (C=O) groups is 1. The first-order valence-corrected chi connectivity index (χ1v) is 7.08. The van der Waals surface area contributed by atoms with Crippen LogP contribution in [0, 0.1) is 0 Å². The van der Waals surface area contributed by atoms with E-state index in [1.807, 2.05) is 0 Å². The van der Waals surface area contributed by atoms with E-state index in [1.54, 1.807) is 0 Å². The molecule has 0 saturated heterocycles. The van der Waals surface area contributed by atoms with Gasteiger partial charge in [0.2, 0.25) is 5.91 Å². The van der Waals surface area contributed by atoms with Gasteiger partial charge in [0.25, 0.3) is 0 Å². The van der Waals surface area contributed by atoms with Gasteiger partial charge >= 0.3 is 6.18 Å². The Balaban J connectivity index is 2.50. The summed E-state index contributed by atoms with van der Waals surface area (Å²) in [6.07, 6.45) is -1.44. The first kappa shape index (κ1) is 16.0. The second kappa shape index (κ2) is 7.53. The fraction of sp³-hybridized carbons (Fsp3) is 0.462. The van der Waals surface area contributed by atoms with Crippen molar-refractivity contribution in [3.05, 3.63) is 29.8 Å². The fourth-order valence-corrected chi connectivity index (χ4v) is 1.95. The molecule has 0 aliphatic heterocycles. The third kappa shape index (κ3) is 6.09. The van der Waals surface area contributed by atoms with Gasteiger partial charge in [0.05, 0.1) is 5.56 Å². The first-order valence-electron chi connectivity index (χ1n) is 5.96. The monoisotopic (exact) mass is 337 g/mol. The van der Waals surface area contributed by atoms with Crippen LogP contribution in [0.2, 0.25) is 0 Å². The predicted molar refractivity (Wildman–Crippen MR) is 72.3 cm³/mol. The SMILES string of the molecule is O=C(CCCCCBr)Nc1cccc(C(F)(F)F)c1. The van der Waals surface area contributed by atoms with Crippen molar-refractivity contribution in [2.75, 3.05) is 10.6 Å². The molecule has 0 fully saturated rings. The number of alkyl halides is 4. The minimum absolute atomic E-state index is 0.181. The summed E-state index contributed by atoms with van der Waals surface area (Å²) in [5, 5.41) is 3.37. The van der Waals surface area contributed by atoms with Crippen LogP contribution in [0.1, 0.15) is 31.2 Å². The van der Waals surface area contributed by atoms with Crippen molar-refractivity contribution < 1.29 is 18.0 Å². The predicted octanol–water partition coefficient (Wildman–Crippen LogP) is 4.60. The smallest absolute Gasteiger partial charge is 0.326 e. The summed E-state index contributed by atoms with van der Waals surface area (Å²) >= 11 is 3.29. The van der Waals surface area contributed by atoms with E-state index in [1.165, 1.54) is 12.1 Å². The molecule has 6 heteroatoms. The number of hydrogen-bond donors (Lipinski definition) is 1. The number of rotatable bonds is 6. The van der Waals surface area contributed by atoms with Crippen LogP contribution in [0.5, 0.6) is 0 Å². The third-order valence-electron chi connectivity index (χ3n) is 2.51. The van der Waals surface area contributed by atoms with E-state index in [0.29, 0.717) is 6.42 Å². The second-order valence-electron chi connectivity index (χ2n) is 4.13. The maximum Gasteiger partial charge on any atom is 0.416 e. The Kier molecular flexibility index (Phi) is 6.34. The lowest BCUT2D eigenvalue weighted by molar-refractivity contribution is -0.137. The highest BCUT2D eigenvalue weighted by atomic mass is 79.9. The molecule has 0 atom stereocenters. The first-order chi connectivity index (χ1) is 8.93. The van der Waals surface area contributed by atoms with Crippen molar-refractivity contribution >= 4 is 27.5 Å². The topological polar surface area (TPSA) is 29.1 Å². The number of anilines is 1. The number of amides is 1. The number of unbranched alkanes of at least 4 members (excludes halogenated alkanes) is 2. The van der Waals surface area contributed by atoms with Crippen LogP contribution < -0.4 is 5.32 Å². The molecule has 1 aromatic rings. The zero-order valence-electron chi connectivity index (χ0n) is 10.3. The highest BCUT2D eigenvalue weighted by Crippen LogP contribution is 2.30. The standard InChI is InChI=1S/C13H15BrF3NO/c14-8-3-1-2-7-12(19)18-11-6-4-5-10(9-11)13(15,16)17/h4-6,9H,1-3,7-8H2,(H,18,19). The molecule has 0 bridgehead atoms. The van der Waals surface area contributed by atoms with E-state index in [9.17, 15) is 18.0 Å². The lowest BCUT2D eigenvalue weighted by Gasteiger charge is -2.09. The molecule has 0 heterocycles. The molecular weight excluding hydrogens is 323 g/mol. The highest BCUT2D eigenvalue weighted by Gasteiger charge is 2.30. The maximum atomic E-state index is 12.5. The Morgan fingerprint density at radius 3 is 2.58 bits per heavy atom. The summed E-state index contributed by atoms with van der Waals surface area (Å²) in [4.78, 5) is 11.5. The van der Waals surface area contributed by atoms with Crippen LogP contribution in [0.3, 0.4) is 0 Å². The summed E-state index contributed by atoms with van der Waals surface area (Å²) < 4.78 is 37.4. The molecule has 0 spiro atoms. The van der Waals surface area contributed by atoms with E-state index < -0.39 is 11.7 Å². The molecule has 0 aliphatic carbocycles. The Morgan fingerprint density at radius 1 is 1.21 bits per heavy atom. The van der Waals surface area contributed by atoms with Gasteiger partial charge in [-0.25, -0.2) is 0 Å². The van der Waals surface area contributed by atoms with Gasteiger partial charge in [-0.3, -0.25) is 4.79 Å². The van der Waals surface area contributed by atoms with Crippen molar-refractivity contribution in [3.8, 4) is 0 Å². The largest absolute Gasteiger partial charge is 0.416 e. The van der Waals surface area contributed by atoms with Crippen molar-refractivity contribution in [2.24, 2.45) is 0 Å². The zero-order valence-corrected chi connectivity index (χ0v) is 11.9. The van der Waals surface area contributed by atoms with Crippen LogP contribution in [-0.4, -0.2) is 11.2 Å². The van der Waals surface area contributed by atoms with Crippen LogP contribution >= 0.6 is 15.9 Å². The van der Waals surface area contributed by atoms with E-state index in [2.05, 4.69) is 21.2 Å². The number of halogens is 4. The highest BCUT2D eigenvalue weighted by molar-refractivity contribution is 9.09. The molecular formula is C13H15BrF3NO. The van der Waals surface area contributed by atoms with Crippen LogP contribution in [0.4, 0.5) is 18.9 Å². The summed E-state index contributed by atoms with van der Waals surface area (Å²) in [5.74, 6) is -0.256. The van der Waals surface area contributed by atoms with Crippen molar-refractivity contribution in [1.29, 1.82) is 0 Å². The molecule has 0 aromatic heterocycles. The Labute approximate surface area is 118 Å². The number of benzene rings is 1. The fourth-order valence-electron chi connectivity index (χ4n) is 1.55. The Hall–Kier alpha value is -1.04. The van der Waals surface area contributed by atoms with Crippen LogP contribution in [0.25, 0.3) is 0 Å². The van der Waals surface area contributed by atoms with E-state index in [4.69, 9.17) is 0 Å². The molecule has 19 heavy (non-hydrogen) atoms.